The number of benzene rings is 1. The summed E-state index contributed by atoms with van der Waals surface area (Å²) in [6.45, 7) is 0.668. The Hall–Kier alpha value is -2.02. The van der Waals surface area contributed by atoms with Crippen molar-refractivity contribution in [2.75, 3.05) is 0 Å². The molecule has 1 aliphatic carbocycles. The molecule has 1 saturated carbocycles. The van der Waals surface area contributed by atoms with Gasteiger partial charge in [0, 0.05) is 0 Å². The molecular weight excluding hydrogens is 252 g/mol. The van der Waals surface area contributed by atoms with Crippen molar-refractivity contribution in [3.05, 3.63) is 35.4 Å². The molecule has 106 valence electrons. The molecule has 2 rings (SSSR count). The van der Waals surface area contributed by atoms with E-state index < -0.39 is 0 Å². The molecule has 0 aromatic heterocycles. The Bertz CT molecular complexity index is 415. The van der Waals surface area contributed by atoms with Crippen molar-refractivity contribution in [1.82, 2.24) is 0 Å². The van der Waals surface area contributed by atoms with E-state index in [1.807, 2.05) is 24.3 Å². The third kappa shape index (κ3) is 7.42. The molecule has 1 aromatic rings. The van der Waals surface area contributed by atoms with Crippen LogP contribution < -0.4 is 0 Å². The molecule has 0 bridgehead atoms. The Labute approximate surface area is 119 Å². The minimum absolute atomic E-state index is 0.334. The molecule has 20 heavy (non-hydrogen) atoms. The lowest BCUT2D eigenvalue weighted by atomic mass is 10.0. The predicted molar refractivity (Wildman–Crippen MR) is 77.8 cm³/mol. The molecule has 0 amide bonds. The smallest absolute Gasteiger partial charge is 0.211 e. The van der Waals surface area contributed by atoms with Gasteiger partial charge in [0.25, 0.3) is 0 Å². The first-order chi connectivity index (χ1) is 9.86. The topological polar surface area (TPSA) is 58.9 Å². The zero-order chi connectivity index (χ0) is 14.5. The summed E-state index contributed by atoms with van der Waals surface area (Å²) in [6, 6.07) is 7.32. The van der Waals surface area contributed by atoms with Gasteiger partial charge in [-0.25, -0.2) is 19.6 Å². The van der Waals surface area contributed by atoms with E-state index in [0.29, 0.717) is 13.1 Å². The van der Waals surface area contributed by atoms with Crippen molar-refractivity contribution in [2.24, 2.45) is 9.98 Å². The van der Waals surface area contributed by atoms with Crippen LogP contribution in [0.3, 0.4) is 0 Å². The van der Waals surface area contributed by atoms with Crippen LogP contribution in [0.2, 0.25) is 0 Å². The zero-order valence-electron chi connectivity index (χ0n) is 11.7. The molecule has 0 heterocycles. The van der Waals surface area contributed by atoms with E-state index in [-0.39, 0.29) is 0 Å². The Morgan fingerprint density at radius 1 is 0.700 bits per heavy atom. The molecule has 0 saturated heterocycles. The van der Waals surface area contributed by atoms with E-state index in [9.17, 15) is 9.59 Å². The van der Waals surface area contributed by atoms with Crippen molar-refractivity contribution >= 4 is 12.2 Å². The van der Waals surface area contributed by atoms with Gasteiger partial charge in [-0.05, 0) is 11.1 Å². The molecule has 0 aliphatic heterocycles. The minimum atomic E-state index is 0.334. The van der Waals surface area contributed by atoms with E-state index in [2.05, 4.69) is 9.98 Å². The second-order valence-electron chi connectivity index (χ2n) is 4.75. The van der Waals surface area contributed by atoms with Crippen LogP contribution in [0.1, 0.15) is 49.7 Å². The van der Waals surface area contributed by atoms with Gasteiger partial charge in [0.15, 0.2) is 0 Å². The number of aliphatic imine (C=N–C) groups is 2. The van der Waals surface area contributed by atoms with Crippen molar-refractivity contribution < 1.29 is 9.59 Å². The van der Waals surface area contributed by atoms with Crippen LogP contribution in [0.15, 0.2) is 34.3 Å². The molecule has 4 heteroatoms. The summed E-state index contributed by atoms with van der Waals surface area (Å²) < 4.78 is 0. The Morgan fingerprint density at radius 3 is 1.25 bits per heavy atom. The van der Waals surface area contributed by atoms with Gasteiger partial charge in [0.2, 0.25) is 12.2 Å². The van der Waals surface area contributed by atoms with Crippen LogP contribution in [-0.2, 0) is 22.7 Å². The van der Waals surface area contributed by atoms with Crippen LogP contribution in [0, 0.1) is 0 Å². The van der Waals surface area contributed by atoms with Crippen molar-refractivity contribution in [3.63, 3.8) is 0 Å². The molecule has 1 aromatic carbocycles. The highest BCUT2D eigenvalue weighted by molar-refractivity contribution is 5.35. The monoisotopic (exact) mass is 272 g/mol. The predicted octanol–water partition coefficient (Wildman–Crippen LogP) is 3.70. The van der Waals surface area contributed by atoms with Gasteiger partial charge in [-0.3, -0.25) is 0 Å². The Morgan fingerprint density at radius 2 is 1.00 bits per heavy atom. The summed E-state index contributed by atoms with van der Waals surface area (Å²) in [4.78, 5) is 26.6. The maximum absolute atomic E-state index is 9.84. The standard InChI is InChI=1S/C10H8N2O2.C6H12/c13-7-11-5-9-1-2-10(4-3-9)6-12-8-14;1-2-4-6-5-3-1/h1-4H,5-6H2;1-6H2. The van der Waals surface area contributed by atoms with Gasteiger partial charge in [-0.15, -0.1) is 0 Å². The van der Waals surface area contributed by atoms with Crippen LogP contribution in [0.5, 0.6) is 0 Å². The fourth-order valence-electron chi connectivity index (χ4n) is 2.06. The van der Waals surface area contributed by atoms with Crippen molar-refractivity contribution in [3.8, 4) is 0 Å². The molecule has 0 radical (unpaired) electrons. The third-order valence-corrected chi connectivity index (χ3v) is 3.18. The average molecular weight is 272 g/mol. The summed E-state index contributed by atoms with van der Waals surface area (Å²) in [5, 5.41) is 0. The summed E-state index contributed by atoms with van der Waals surface area (Å²) in [7, 11) is 0. The number of hydrogen-bond donors (Lipinski definition) is 0. The highest BCUT2D eigenvalue weighted by Crippen LogP contribution is 2.15. The number of rotatable bonds is 4. The maximum Gasteiger partial charge on any atom is 0.235 e. The molecule has 4 nitrogen and oxygen atoms in total. The molecule has 0 spiro atoms. The zero-order valence-corrected chi connectivity index (χ0v) is 11.7. The van der Waals surface area contributed by atoms with Crippen LogP contribution in [-0.4, -0.2) is 12.2 Å². The van der Waals surface area contributed by atoms with E-state index in [4.69, 9.17) is 0 Å². The normalized spacial score (nSPS) is 13.2. The summed E-state index contributed by atoms with van der Waals surface area (Å²) in [5.41, 5.74) is 1.85. The third-order valence-electron chi connectivity index (χ3n) is 3.18. The van der Waals surface area contributed by atoms with Gasteiger partial charge < -0.3 is 0 Å². The summed E-state index contributed by atoms with van der Waals surface area (Å²) >= 11 is 0. The molecule has 1 fully saturated rings. The minimum Gasteiger partial charge on any atom is -0.211 e. The lowest BCUT2D eigenvalue weighted by Crippen LogP contribution is -1.85. The quantitative estimate of drug-likeness (QED) is 0.620. The summed E-state index contributed by atoms with van der Waals surface area (Å²) in [6.07, 6.45) is 11.9. The van der Waals surface area contributed by atoms with E-state index in [0.717, 1.165) is 11.1 Å². The van der Waals surface area contributed by atoms with Gasteiger partial charge in [-0.2, -0.15) is 0 Å². The van der Waals surface area contributed by atoms with Crippen molar-refractivity contribution in [2.45, 2.75) is 51.6 Å². The maximum atomic E-state index is 9.84. The first-order valence-corrected chi connectivity index (χ1v) is 7.02. The first-order valence-electron chi connectivity index (χ1n) is 7.02. The SMILES string of the molecule is C1CCCCC1.O=C=NCc1ccc(CN=C=O)cc1. The average Bonchev–Trinajstić information content (AvgIpc) is 2.54. The highest BCUT2D eigenvalue weighted by Gasteiger charge is 1.95. The van der Waals surface area contributed by atoms with Gasteiger partial charge in [0.05, 0.1) is 13.1 Å². The van der Waals surface area contributed by atoms with E-state index >= 15 is 0 Å². The van der Waals surface area contributed by atoms with Gasteiger partial charge in [0.1, 0.15) is 0 Å². The van der Waals surface area contributed by atoms with Crippen LogP contribution in [0.25, 0.3) is 0 Å². The Kier molecular flexibility index (Phi) is 8.71. The second-order valence-corrected chi connectivity index (χ2v) is 4.75. The van der Waals surface area contributed by atoms with Crippen LogP contribution in [0.4, 0.5) is 0 Å². The fourth-order valence-corrected chi connectivity index (χ4v) is 2.06. The second kappa shape index (κ2) is 10.9. The highest BCUT2D eigenvalue weighted by atomic mass is 16.1. The van der Waals surface area contributed by atoms with Gasteiger partial charge >= 0.3 is 0 Å². The number of carbonyl (C=O) groups excluding carboxylic acids is 2. The number of nitrogens with zero attached hydrogens (tertiary/aromatic N) is 2. The Balaban J connectivity index is 0.000000276. The molecule has 0 unspecified atom stereocenters. The lowest BCUT2D eigenvalue weighted by Gasteiger charge is -2.05. The van der Waals surface area contributed by atoms with E-state index in [1.165, 1.54) is 50.7 Å². The summed E-state index contributed by atoms with van der Waals surface area (Å²) in [5.74, 6) is 0. The largest absolute Gasteiger partial charge is 0.235 e. The van der Waals surface area contributed by atoms with E-state index in [1.54, 1.807) is 0 Å². The molecule has 0 atom stereocenters. The first kappa shape index (κ1) is 16.0. The van der Waals surface area contributed by atoms with Crippen molar-refractivity contribution in [1.29, 1.82) is 0 Å². The number of hydrogen-bond acceptors (Lipinski definition) is 4. The number of isocyanates is 2. The molecular formula is C16H20N2O2. The molecule has 1 aliphatic rings. The molecule has 0 N–H and O–H groups in total. The lowest BCUT2D eigenvalue weighted by molar-refractivity contribution is 0.504. The van der Waals surface area contributed by atoms with Gasteiger partial charge in [-0.1, -0.05) is 62.8 Å². The van der Waals surface area contributed by atoms with Crippen LogP contribution >= 0.6 is 0 Å². The fraction of sp³-hybridized carbons (Fsp3) is 0.500.